The molecule has 2 aromatic rings. The second-order valence-electron chi connectivity index (χ2n) is 5.61. The fraction of sp³-hybridized carbons (Fsp3) is 0.222. The van der Waals surface area contributed by atoms with Gasteiger partial charge in [0.25, 0.3) is 17.7 Å². The minimum absolute atomic E-state index is 0.0876. The Labute approximate surface area is 144 Å². The van der Waals surface area contributed by atoms with Crippen LogP contribution in [-0.2, 0) is 4.79 Å². The number of benzene rings is 1. The largest absolute Gasteiger partial charge is 0.484 e. The number of fused-ring (bicyclic) bond motifs is 1. The van der Waals surface area contributed by atoms with Gasteiger partial charge in [0.15, 0.2) is 6.61 Å². The molecule has 1 aliphatic rings. The van der Waals surface area contributed by atoms with Crippen molar-refractivity contribution in [1.82, 2.24) is 15.2 Å². The van der Waals surface area contributed by atoms with Crippen molar-refractivity contribution in [2.75, 3.05) is 19.7 Å². The molecule has 0 saturated carbocycles. The van der Waals surface area contributed by atoms with Crippen LogP contribution in [0, 0.1) is 6.92 Å². The van der Waals surface area contributed by atoms with Crippen molar-refractivity contribution in [3.05, 3.63) is 59.4 Å². The second-order valence-corrected chi connectivity index (χ2v) is 5.61. The van der Waals surface area contributed by atoms with Crippen molar-refractivity contribution in [2.45, 2.75) is 6.92 Å². The summed E-state index contributed by atoms with van der Waals surface area (Å²) in [5.41, 5.74) is 1.55. The predicted octanol–water partition coefficient (Wildman–Crippen LogP) is 1.18. The Bertz CT molecular complexity index is 782. The molecule has 3 amide bonds. The summed E-state index contributed by atoms with van der Waals surface area (Å²) in [5.74, 6) is -0.550. The molecule has 0 atom stereocenters. The van der Waals surface area contributed by atoms with Gasteiger partial charge in [-0.15, -0.1) is 0 Å². The van der Waals surface area contributed by atoms with Crippen LogP contribution in [0.4, 0.5) is 0 Å². The maximum atomic E-state index is 12.1. The van der Waals surface area contributed by atoms with Crippen LogP contribution in [-0.4, -0.2) is 47.3 Å². The molecule has 1 aromatic heterocycles. The van der Waals surface area contributed by atoms with E-state index >= 15 is 0 Å². The second kappa shape index (κ2) is 7.12. The van der Waals surface area contributed by atoms with Crippen molar-refractivity contribution in [1.29, 1.82) is 0 Å². The van der Waals surface area contributed by atoms with Crippen molar-refractivity contribution >= 4 is 17.7 Å². The third-order valence-corrected chi connectivity index (χ3v) is 3.78. The first-order chi connectivity index (χ1) is 12.1. The van der Waals surface area contributed by atoms with Gasteiger partial charge in [0.05, 0.1) is 5.56 Å². The topological polar surface area (TPSA) is 88.6 Å². The number of imide groups is 1. The SMILES string of the molecule is Cc1ccc(OCC(=O)NCCN2C(=O)c3cccnc3C2=O)cc1. The number of hydrogen-bond donors (Lipinski definition) is 1. The van der Waals surface area contributed by atoms with Crippen LogP contribution >= 0.6 is 0 Å². The number of hydrogen-bond acceptors (Lipinski definition) is 5. The van der Waals surface area contributed by atoms with Crippen LogP contribution in [0.2, 0.25) is 0 Å². The van der Waals surface area contributed by atoms with Crippen molar-refractivity contribution in [3.63, 3.8) is 0 Å². The number of ether oxygens (including phenoxy) is 1. The maximum Gasteiger partial charge on any atom is 0.280 e. The predicted molar refractivity (Wildman–Crippen MR) is 89.3 cm³/mol. The molecule has 7 heteroatoms. The maximum absolute atomic E-state index is 12.1. The highest BCUT2D eigenvalue weighted by Crippen LogP contribution is 2.19. The molecule has 0 saturated heterocycles. The van der Waals surface area contributed by atoms with E-state index in [1.807, 2.05) is 19.1 Å². The molecule has 25 heavy (non-hydrogen) atoms. The van der Waals surface area contributed by atoms with Gasteiger partial charge in [-0.25, -0.2) is 0 Å². The standard InChI is InChI=1S/C18H17N3O4/c1-12-4-6-13(7-5-12)25-11-15(22)19-9-10-21-17(23)14-3-2-8-20-16(14)18(21)24/h2-8H,9-11H2,1H3,(H,19,22). The first-order valence-electron chi connectivity index (χ1n) is 7.83. The van der Waals surface area contributed by atoms with E-state index in [1.165, 1.54) is 6.20 Å². The van der Waals surface area contributed by atoms with Crippen molar-refractivity contribution < 1.29 is 19.1 Å². The molecule has 0 bridgehead atoms. The fourth-order valence-corrected chi connectivity index (χ4v) is 2.46. The van der Waals surface area contributed by atoms with Crippen molar-refractivity contribution in [3.8, 4) is 5.75 Å². The lowest BCUT2D eigenvalue weighted by atomic mass is 10.2. The number of nitrogens with one attached hydrogen (secondary N) is 1. The Balaban J connectivity index is 1.45. The minimum Gasteiger partial charge on any atom is -0.484 e. The average Bonchev–Trinajstić information content (AvgIpc) is 2.86. The van der Waals surface area contributed by atoms with E-state index in [0.29, 0.717) is 11.3 Å². The summed E-state index contributed by atoms with van der Waals surface area (Å²) in [7, 11) is 0. The van der Waals surface area contributed by atoms with Crippen LogP contribution in [0.25, 0.3) is 0 Å². The molecular formula is C18H17N3O4. The number of carbonyl (C=O) groups excluding carboxylic acids is 3. The van der Waals surface area contributed by atoms with Gasteiger partial charge in [-0.1, -0.05) is 17.7 Å². The zero-order valence-electron chi connectivity index (χ0n) is 13.7. The monoisotopic (exact) mass is 339 g/mol. The highest BCUT2D eigenvalue weighted by atomic mass is 16.5. The normalized spacial score (nSPS) is 12.9. The van der Waals surface area contributed by atoms with E-state index in [4.69, 9.17) is 4.74 Å². The summed E-state index contributed by atoms with van der Waals surface area (Å²) >= 11 is 0. The molecule has 128 valence electrons. The van der Waals surface area contributed by atoms with E-state index in [0.717, 1.165) is 10.5 Å². The molecule has 2 heterocycles. The third-order valence-electron chi connectivity index (χ3n) is 3.78. The molecular weight excluding hydrogens is 322 g/mol. The highest BCUT2D eigenvalue weighted by Gasteiger charge is 2.36. The number of rotatable bonds is 6. The Kier molecular flexibility index (Phi) is 4.74. The lowest BCUT2D eigenvalue weighted by Crippen LogP contribution is -2.39. The Hall–Kier alpha value is -3.22. The number of nitrogens with zero attached hydrogens (tertiary/aromatic N) is 2. The lowest BCUT2D eigenvalue weighted by molar-refractivity contribution is -0.123. The Morgan fingerprint density at radius 1 is 1.16 bits per heavy atom. The van der Waals surface area contributed by atoms with E-state index in [9.17, 15) is 14.4 Å². The van der Waals surface area contributed by atoms with Gasteiger partial charge in [0.1, 0.15) is 11.4 Å². The smallest absolute Gasteiger partial charge is 0.280 e. The summed E-state index contributed by atoms with van der Waals surface area (Å²) in [6.07, 6.45) is 1.47. The molecule has 0 spiro atoms. The van der Waals surface area contributed by atoms with Crippen LogP contribution in [0.15, 0.2) is 42.6 Å². The van der Waals surface area contributed by atoms with Crippen LogP contribution in [0.3, 0.4) is 0 Å². The van der Waals surface area contributed by atoms with Gasteiger partial charge in [-0.05, 0) is 31.2 Å². The number of amides is 3. The molecule has 0 aliphatic carbocycles. The van der Waals surface area contributed by atoms with E-state index in [1.54, 1.807) is 24.3 Å². The first-order valence-corrected chi connectivity index (χ1v) is 7.83. The van der Waals surface area contributed by atoms with E-state index in [-0.39, 0.29) is 31.3 Å². The molecule has 0 radical (unpaired) electrons. The highest BCUT2D eigenvalue weighted by molar-refractivity contribution is 6.20. The minimum atomic E-state index is -0.439. The Morgan fingerprint density at radius 2 is 1.92 bits per heavy atom. The summed E-state index contributed by atoms with van der Waals surface area (Å²) < 4.78 is 5.37. The molecule has 1 aliphatic heterocycles. The quantitative estimate of drug-likeness (QED) is 0.799. The summed E-state index contributed by atoms with van der Waals surface area (Å²) in [6.45, 7) is 2.07. The fourth-order valence-electron chi connectivity index (χ4n) is 2.46. The summed E-state index contributed by atoms with van der Waals surface area (Å²) in [6, 6.07) is 10.5. The number of aromatic nitrogens is 1. The van der Waals surface area contributed by atoms with Crippen LogP contribution in [0.5, 0.6) is 5.75 Å². The molecule has 3 rings (SSSR count). The Morgan fingerprint density at radius 3 is 2.64 bits per heavy atom. The average molecular weight is 339 g/mol. The molecule has 7 nitrogen and oxygen atoms in total. The third kappa shape index (κ3) is 3.65. The van der Waals surface area contributed by atoms with Crippen LogP contribution < -0.4 is 10.1 Å². The molecule has 1 aromatic carbocycles. The first kappa shape index (κ1) is 16.6. The van der Waals surface area contributed by atoms with Gasteiger partial charge in [0, 0.05) is 19.3 Å². The van der Waals surface area contributed by atoms with Gasteiger partial charge in [-0.2, -0.15) is 0 Å². The molecule has 1 N–H and O–H groups in total. The van der Waals surface area contributed by atoms with Gasteiger partial charge in [-0.3, -0.25) is 24.3 Å². The van der Waals surface area contributed by atoms with E-state index in [2.05, 4.69) is 10.3 Å². The van der Waals surface area contributed by atoms with Crippen molar-refractivity contribution in [2.24, 2.45) is 0 Å². The number of aryl methyl sites for hydroxylation is 1. The number of pyridine rings is 1. The zero-order valence-corrected chi connectivity index (χ0v) is 13.7. The van der Waals surface area contributed by atoms with Gasteiger partial charge >= 0.3 is 0 Å². The lowest BCUT2D eigenvalue weighted by Gasteiger charge is -2.14. The molecule has 0 fully saturated rings. The summed E-state index contributed by atoms with van der Waals surface area (Å²) in [4.78, 5) is 41.1. The van der Waals surface area contributed by atoms with Crippen LogP contribution in [0.1, 0.15) is 26.4 Å². The zero-order chi connectivity index (χ0) is 17.8. The summed E-state index contributed by atoms with van der Waals surface area (Å²) in [5, 5.41) is 2.63. The molecule has 0 unspecified atom stereocenters. The van der Waals surface area contributed by atoms with E-state index < -0.39 is 11.8 Å². The van der Waals surface area contributed by atoms with Gasteiger partial charge in [0.2, 0.25) is 0 Å². The number of carbonyl (C=O) groups is 3. The van der Waals surface area contributed by atoms with Gasteiger partial charge < -0.3 is 10.1 Å².